The fraction of sp³-hybridized carbons (Fsp3) is 0.500. The molecule has 22 heavy (non-hydrogen) atoms. The van der Waals surface area contributed by atoms with Gasteiger partial charge in [0, 0.05) is 25.1 Å². The molecule has 0 spiro atoms. The second kappa shape index (κ2) is 6.13. The predicted octanol–water partition coefficient (Wildman–Crippen LogP) is 0.405. The smallest absolute Gasteiger partial charge is 0.240 e. The summed E-state index contributed by atoms with van der Waals surface area (Å²) in [6.45, 7) is 1.34. The van der Waals surface area contributed by atoms with Gasteiger partial charge in [0.1, 0.15) is 13.2 Å². The van der Waals surface area contributed by atoms with Crippen LogP contribution >= 0.6 is 0 Å². The number of fused-ring (bicyclic) bond motifs is 1. The maximum Gasteiger partial charge on any atom is 0.240 e. The first-order chi connectivity index (χ1) is 10.5. The fourth-order valence-electron chi connectivity index (χ4n) is 2.52. The lowest BCUT2D eigenvalue weighted by atomic mass is 10.1. The maximum atomic E-state index is 12.5. The van der Waals surface area contributed by atoms with Crippen molar-refractivity contribution in [1.82, 2.24) is 10.0 Å². The summed E-state index contributed by atoms with van der Waals surface area (Å²) in [5.41, 5.74) is 0. The van der Waals surface area contributed by atoms with Gasteiger partial charge in [-0.15, -0.1) is 0 Å². The first kappa shape index (κ1) is 15.1. The first-order valence-corrected chi connectivity index (χ1v) is 8.71. The normalized spacial score (nSPS) is 21.8. The van der Waals surface area contributed by atoms with Gasteiger partial charge in [-0.2, -0.15) is 0 Å². The fourth-order valence-corrected chi connectivity index (χ4v) is 3.84. The molecule has 2 aliphatic rings. The molecule has 1 atom stereocenters. The maximum absolute atomic E-state index is 12.5. The summed E-state index contributed by atoms with van der Waals surface area (Å²) < 4.78 is 38.4. The SMILES string of the molecule is O=C1CCC(NS(=O)(=O)c2ccc3c(c2)OCCO3)CCN1. The van der Waals surface area contributed by atoms with E-state index < -0.39 is 10.0 Å². The Morgan fingerprint density at radius 1 is 1.14 bits per heavy atom. The van der Waals surface area contributed by atoms with Crippen molar-refractivity contribution in [2.75, 3.05) is 19.8 Å². The Kier molecular flexibility index (Phi) is 4.21. The van der Waals surface area contributed by atoms with E-state index in [1.54, 1.807) is 6.07 Å². The van der Waals surface area contributed by atoms with Gasteiger partial charge in [-0.3, -0.25) is 4.79 Å². The van der Waals surface area contributed by atoms with Crippen LogP contribution < -0.4 is 19.5 Å². The number of amides is 1. The number of rotatable bonds is 3. The molecule has 1 aromatic carbocycles. The van der Waals surface area contributed by atoms with Crippen molar-refractivity contribution in [2.24, 2.45) is 0 Å². The lowest BCUT2D eigenvalue weighted by molar-refractivity contribution is -0.120. The highest BCUT2D eigenvalue weighted by atomic mass is 32.2. The molecule has 8 heteroatoms. The molecule has 7 nitrogen and oxygen atoms in total. The molecular formula is C14H18N2O5S. The molecule has 120 valence electrons. The van der Waals surface area contributed by atoms with Gasteiger partial charge in [-0.1, -0.05) is 0 Å². The van der Waals surface area contributed by atoms with Crippen LogP contribution in [0.4, 0.5) is 0 Å². The molecule has 2 N–H and O–H groups in total. The van der Waals surface area contributed by atoms with E-state index >= 15 is 0 Å². The zero-order valence-corrected chi connectivity index (χ0v) is 12.8. The highest BCUT2D eigenvalue weighted by Crippen LogP contribution is 2.32. The van der Waals surface area contributed by atoms with Crippen molar-refractivity contribution >= 4 is 15.9 Å². The van der Waals surface area contributed by atoms with Crippen LogP contribution in [0.25, 0.3) is 0 Å². The summed E-state index contributed by atoms with van der Waals surface area (Å²) >= 11 is 0. The molecule has 1 amide bonds. The van der Waals surface area contributed by atoms with Crippen molar-refractivity contribution < 1.29 is 22.7 Å². The standard InChI is InChI=1S/C14H18N2O5S/c17-14-4-1-10(5-6-15-14)16-22(18,19)11-2-3-12-13(9-11)21-8-7-20-12/h2-3,9-10,16H,1,4-8H2,(H,15,17). The van der Waals surface area contributed by atoms with Crippen LogP contribution in [0.15, 0.2) is 23.1 Å². The lowest BCUT2D eigenvalue weighted by Crippen LogP contribution is -2.35. The molecule has 0 aliphatic carbocycles. The molecule has 2 aliphatic heterocycles. The average Bonchev–Trinajstić information content (AvgIpc) is 2.71. The summed E-state index contributed by atoms with van der Waals surface area (Å²) in [6, 6.07) is 4.31. The Bertz CT molecular complexity index is 674. The molecule has 1 aromatic rings. The van der Waals surface area contributed by atoms with E-state index in [-0.39, 0.29) is 16.8 Å². The van der Waals surface area contributed by atoms with Gasteiger partial charge in [0.2, 0.25) is 15.9 Å². The summed E-state index contributed by atoms with van der Waals surface area (Å²) in [7, 11) is -3.65. The highest BCUT2D eigenvalue weighted by molar-refractivity contribution is 7.89. The Morgan fingerprint density at radius 2 is 1.91 bits per heavy atom. The van der Waals surface area contributed by atoms with E-state index in [0.717, 1.165) is 0 Å². The lowest BCUT2D eigenvalue weighted by Gasteiger charge is -2.20. The van der Waals surface area contributed by atoms with Gasteiger partial charge in [0.15, 0.2) is 11.5 Å². The zero-order chi connectivity index (χ0) is 15.6. The van der Waals surface area contributed by atoms with Crippen LogP contribution in [-0.4, -0.2) is 40.1 Å². The van der Waals surface area contributed by atoms with Crippen LogP contribution in [0.2, 0.25) is 0 Å². The zero-order valence-electron chi connectivity index (χ0n) is 12.0. The van der Waals surface area contributed by atoms with E-state index in [2.05, 4.69) is 10.0 Å². The monoisotopic (exact) mass is 326 g/mol. The third kappa shape index (κ3) is 3.33. The molecule has 1 fully saturated rings. The van der Waals surface area contributed by atoms with E-state index in [4.69, 9.17) is 9.47 Å². The molecular weight excluding hydrogens is 308 g/mol. The number of benzene rings is 1. The second-order valence-corrected chi connectivity index (χ2v) is 7.01. The van der Waals surface area contributed by atoms with E-state index in [1.807, 2.05) is 0 Å². The van der Waals surface area contributed by atoms with Crippen LogP contribution in [0.3, 0.4) is 0 Å². The predicted molar refractivity (Wildman–Crippen MR) is 78.4 cm³/mol. The minimum absolute atomic E-state index is 0.0407. The van der Waals surface area contributed by atoms with E-state index in [0.29, 0.717) is 50.5 Å². The van der Waals surface area contributed by atoms with Crippen molar-refractivity contribution in [3.63, 3.8) is 0 Å². The topological polar surface area (TPSA) is 93.7 Å². The Morgan fingerprint density at radius 3 is 2.73 bits per heavy atom. The molecule has 1 unspecified atom stereocenters. The number of carbonyl (C=O) groups excluding carboxylic acids is 1. The van der Waals surface area contributed by atoms with Gasteiger partial charge in [-0.25, -0.2) is 13.1 Å². The van der Waals surface area contributed by atoms with Crippen LogP contribution in [0.1, 0.15) is 19.3 Å². The first-order valence-electron chi connectivity index (χ1n) is 7.23. The van der Waals surface area contributed by atoms with Gasteiger partial charge in [0.05, 0.1) is 4.90 Å². The Balaban J connectivity index is 1.76. The van der Waals surface area contributed by atoms with Crippen LogP contribution in [0, 0.1) is 0 Å². The summed E-state index contributed by atoms with van der Waals surface area (Å²) in [4.78, 5) is 11.4. The largest absolute Gasteiger partial charge is 0.486 e. The van der Waals surface area contributed by atoms with Gasteiger partial charge in [-0.05, 0) is 25.0 Å². The Labute approximate surface area is 129 Å². The Hall–Kier alpha value is -1.80. The molecule has 1 saturated heterocycles. The number of nitrogens with one attached hydrogen (secondary N) is 2. The van der Waals surface area contributed by atoms with Gasteiger partial charge < -0.3 is 14.8 Å². The number of carbonyl (C=O) groups is 1. The summed E-state index contributed by atoms with van der Waals surface area (Å²) in [5.74, 6) is 0.947. The molecule has 2 heterocycles. The molecule has 0 bridgehead atoms. The van der Waals surface area contributed by atoms with Crippen LogP contribution in [-0.2, 0) is 14.8 Å². The molecule has 0 saturated carbocycles. The van der Waals surface area contributed by atoms with E-state index in [1.165, 1.54) is 12.1 Å². The summed E-state index contributed by atoms with van der Waals surface area (Å²) in [5, 5.41) is 2.73. The third-order valence-corrected chi connectivity index (χ3v) is 5.20. The van der Waals surface area contributed by atoms with Crippen molar-refractivity contribution in [1.29, 1.82) is 0 Å². The molecule has 0 aromatic heterocycles. The van der Waals surface area contributed by atoms with Crippen molar-refractivity contribution in [3.05, 3.63) is 18.2 Å². The van der Waals surface area contributed by atoms with Crippen LogP contribution in [0.5, 0.6) is 11.5 Å². The van der Waals surface area contributed by atoms with E-state index in [9.17, 15) is 13.2 Å². The number of hydrogen-bond acceptors (Lipinski definition) is 5. The quantitative estimate of drug-likeness (QED) is 0.839. The highest BCUT2D eigenvalue weighted by Gasteiger charge is 2.24. The minimum atomic E-state index is -3.65. The average molecular weight is 326 g/mol. The number of hydrogen-bond donors (Lipinski definition) is 2. The van der Waals surface area contributed by atoms with Gasteiger partial charge in [0.25, 0.3) is 0 Å². The molecule has 0 radical (unpaired) electrons. The molecule has 3 rings (SSSR count). The van der Waals surface area contributed by atoms with Crippen molar-refractivity contribution in [2.45, 2.75) is 30.2 Å². The number of sulfonamides is 1. The minimum Gasteiger partial charge on any atom is -0.486 e. The van der Waals surface area contributed by atoms with Gasteiger partial charge >= 0.3 is 0 Å². The third-order valence-electron chi connectivity index (χ3n) is 3.68. The number of ether oxygens (including phenoxy) is 2. The second-order valence-electron chi connectivity index (χ2n) is 5.30. The summed E-state index contributed by atoms with van der Waals surface area (Å²) in [6.07, 6.45) is 1.40. The van der Waals surface area contributed by atoms with Crippen molar-refractivity contribution in [3.8, 4) is 11.5 Å².